The number of hydrogen-bond donors (Lipinski definition) is 2. The van der Waals surface area contributed by atoms with E-state index >= 15 is 0 Å². The molecule has 1 saturated carbocycles. The molecule has 0 aliphatic heterocycles. The number of nitrogens with zero attached hydrogens (tertiary/aromatic N) is 2. The number of benzene rings is 1. The molecule has 0 atom stereocenters. The lowest BCUT2D eigenvalue weighted by atomic mass is 9.85. The first kappa shape index (κ1) is 16.3. The highest BCUT2D eigenvalue weighted by Gasteiger charge is 2.23. The van der Waals surface area contributed by atoms with E-state index in [4.69, 9.17) is 0 Å². The molecule has 1 amide bonds. The highest BCUT2D eigenvalue weighted by molar-refractivity contribution is 7.14. The third-order valence-corrected chi connectivity index (χ3v) is 6.22. The van der Waals surface area contributed by atoms with Crippen molar-refractivity contribution in [2.45, 2.75) is 51.9 Å². The van der Waals surface area contributed by atoms with Crippen LogP contribution in [-0.2, 0) is 0 Å². The SMILES string of the molecule is Cc1nc(C(C)C)sc1C(=O)Nc1ccc2nc(C3CCC3)[nH]c2c1. The maximum absolute atomic E-state index is 12.6. The number of aromatic amines is 1. The fourth-order valence-corrected chi connectivity index (χ4v) is 4.01. The van der Waals surface area contributed by atoms with Crippen molar-refractivity contribution in [3.8, 4) is 0 Å². The predicted octanol–water partition coefficient (Wildman–Crippen LogP) is 4.97. The molecule has 2 aromatic heterocycles. The van der Waals surface area contributed by atoms with Gasteiger partial charge in [-0.2, -0.15) is 0 Å². The molecule has 5 nitrogen and oxygen atoms in total. The van der Waals surface area contributed by atoms with E-state index in [-0.39, 0.29) is 5.91 Å². The third-order valence-electron chi connectivity index (χ3n) is 4.76. The van der Waals surface area contributed by atoms with E-state index in [2.05, 4.69) is 34.1 Å². The summed E-state index contributed by atoms with van der Waals surface area (Å²) in [6.45, 7) is 6.07. The molecule has 0 radical (unpaired) electrons. The summed E-state index contributed by atoms with van der Waals surface area (Å²) in [5, 5.41) is 3.99. The number of H-pyrrole nitrogens is 1. The number of rotatable bonds is 4. The fraction of sp³-hybridized carbons (Fsp3) is 0.421. The van der Waals surface area contributed by atoms with Crippen LogP contribution in [0.5, 0.6) is 0 Å². The summed E-state index contributed by atoms with van der Waals surface area (Å²) < 4.78 is 0. The maximum Gasteiger partial charge on any atom is 0.267 e. The molecule has 0 saturated heterocycles. The molecule has 2 heterocycles. The molecule has 130 valence electrons. The van der Waals surface area contributed by atoms with Crippen molar-refractivity contribution in [2.75, 3.05) is 5.32 Å². The van der Waals surface area contributed by atoms with Crippen LogP contribution in [0.1, 0.15) is 71.1 Å². The minimum absolute atomic E-state index is 0.0972. The number of aryl methyl sites for hydroxylation is 1. The van der Waals surface area contributed by atoms with Gasteiger partial charge in [-0.3, -0.25) is 4.79 Å². The topological polar surface area (TPSA) is 70.7 Å². The number of fused-ring (bicyclic) bond motifs is 1. The van der Waals surface area contributed by atoms with Crippen LogP contribution in [0.2, 0.25) is 0 Å². The molecule has 2 N–H and O–H groups in total. The van der Waals surface area contributed by atoms with Crippen LogP contribution in [-0.4, -0.2) is 20.9 Å². The number of amides is 1. The number of anilines is 1. The van der Waals surface area contributed by atoms with Crippen LogP contribution in [0.25, 0.3) is 11.0 Å². The Kier molecular flexibility index (Phi) is 4.07. The van der Waals surface area contributed by atoms with Gasteiger partial charge in [-0.25, -0.2) is 9.97 Å². The molecular weight excluding hydrogens is 332 g/mol. The summed E-state index contributed by atoms with van der Waals surface area (Å²) in [7, 11) is 0. The summed E-state index contributed by atoms with van der Waals surface area (Å²) in [5.41, 5.74) is 3.50. The van der Waals surface area contributed by atoms with Gasteiger partial charge >= 0.3 is 0 Å². The standard InChI is InChI=1S/C19H22N4OS/c1-10(2)19-20-11(3)16(25-19)18(24)21-13-7-8-14-15(9-13)23-17(22-14)12-5-4-6-12/h7-10,12H,4-6H2,1-3H3,(H,21,24)(H,22,23). The lowest BCUT2D eigenvalue weighted by Gasteiger charge is -2.22. The Bertz CT molecular complexity index is 936. The second-order valence-corrected chi connectivity index (χ2v) is 8.09. The van der Waals surface area contributed by atoms with Crippen LogP contribution in [0, 0.1) is 6.92 Å². The summed E-state index contributed by atoms with van der Waals surface area (Å²) in [6, 6.07) is 5.83. The van der Waals surface area contributed by atoms with E-state index in [1.165, 1.54) is 30.6 Å². The van der Waals surface area contributed by atoms with Crippen LogP contribution in [0.4, 0.5) is 5.69 Å². The fourth-order valence-electron chi connectivity index (χ4n) is 3.04. The minimum Gasteiger partial charge on any atom is -0.342 e. The Morgan fingerprint density at radius 2 is 2.12 bits per heavy atom. The van der Waals surface area contributed by atoms with Crippen molar-refractivity contribution >= 4 is 34.0 Å². The van der Waals surface area contributed by atoms with Crippen LogP contribution < -0.4 is 5.32 Å². The molecule has 25 heavy (non-hydrogen) atoms. The van der Waals surface area contributed by atoms with Gasteiger partial charge in [-0.1, -0.05) is 20.3 Å². The van der Waals surface area contributed by atoms with Gasteiger partial charge in [-0.15, -0.1) is 11.3 Å². The van der Waals surface area contributed by atoms with Gasteiger partial charge in [0.2, 0.25) is 0 Å². The first-order chi connectivity index (χ1) is 12.0. The number of thiazole rings is 1. The van der Waals surface area contributed by atoms with Crippen molar-refractivity contribution < 1.29 is 4.79 Å². The number of imidazole rings is 1. The van der Waals surface area contributed by atoms with E-state index in [1.54, 1.807) is 0 Å². The predicted molar refractivity (Wildman–Crippen MR) is 102 cm³/mol. The third kappa shape index (κ3) is 3.06. The summed E-state index contributed by atoms with van der Waals surface area (Å²) in [4.78, 5) is 25.9. The first-order valence-corrected chi connectivity index (χ1v) is 9.61. The van der Waals surface area contributed by atoms with Gasteiger partial charge in [-0.05, 0) is 38.0 Å². The molecular formula is C19H22N4OS. The number of nitrogens with one attached hydrogen (secondary N) is 2. The molecule has 3 aromatic rings. The molecule has 1 aliphatic carbocycles. The number of carbonyl (C=O) groups excluding carboxylic acids is 1. The van der Waals surface area contributed by atoms with Crippen molar-refractivity contribution in [2.24, 2.45) is 0 Å². The van der Waals surface area contributed by atoms with Crippen LogP contribution >= 0.6 is 11.3 Å². The molecule has 1 aromatic carbocycles. The van der Waals surface area contributed by atoms with Gasteiger partial charge in [0.1, 0.15) is 10.7 Å². The monoisotopic (exact) mass is 354 g/mol. The Balaban J connectivity index is 1.56. The van der Waals surface area contributed by atoms with Gasteiger partial charge in [0, 0.05) is 17.5 Å². The molecule has 1 aliphatic rings. The quantitative estimate of drug-likeness (QED) is 0.695. The lowest BCUT2D eigenvalue weighted by Crippen LogP contribution is -2.11. The minimum atomic E-state index is -0.0972. The first-order valence-electron chi connectivity index (χ1n) is 8.79. The summed E-state index contributed by atoms with van der Waals surface area (Å²) in [6.07, 6.45) is 3.72. The average Bonchev–Trinajstić information content (AvgIpc) is 3.08. The molecule has 0 bridgehead atoms. The number of carbonyl (C=O) groups is 1. The Morgan fingerprint density at radius 3 is 2.76 bits per heavy atom. The molecule has 0 unspecified atom stereocenters. The van der Waals surface area contributed by atoms with Gasteiger partial charge in [0.15, 0.2) is 0 Å². The van der Waals surface area contributed by atoms with E-state index in [0.29, 0.717) is 16.7 Å². The van der Waals surface area contributed by atoms with Crippen LogP contribution in [0.15, 0.2) is 18.2 Å². The Morgan fingerprint density at radius 1 is 1.32 bits per heavy atom. The zero-order valence-electron chi connectivity index (χ0n) is 14.7. The second kappa shape index (κ2) is 6.26. The van der Waals surface area contributed by atoms with Gasteiger partial charge in [0.05, 0.1) is 21.7 Å². The second-order valence-electron chi connectivity index (χ2n) is 7.06. The zero-order valence-corrected chi connectivity index (χ0v) is 15.5. The summed E-state index contributed by atoms with van der Waals surface area (Å²) >= 11 is 1.47. The number of aromatic nitrogens is 3. The van der Waals surface area contributed by atoms with Crippen molar-refractivity contribution in [3.63, 3.8) is 0 Å². The van der Waals surface area contributed by atoms with E-state index < -0.39 is 0 Å². The van der Waals surface area contributed by atoms with Crippen molar-refractivity contribution in [1.82, 2.24) is 15.0 Å². The number of hydrogen-bond acceptors (Lipinski definition) is 4. The van der Waals surface area contributed by atoms with E-state index in [0.717, 1.165) is 33.2 Å². The highest BCUT2D eigenvalue weighted by atomic mass is 32.1. The molecule has 4 rings (SSSR count). The average molecular weight is 354 g/mol. The van der Waals surface area contributed by atoms with Gasteiger partial charge in [0.25, 0.3) is 5.91 Å². The van der Waals surface area contributed by atoms with Crippen molar-refractivity contribution in [3.05, 3.63) is 39.6 Å². The van der Waals surface area contributed by atoms with E-state index in [1.807, 2.05) is 25.1 Å². The smallest absolute Gasteiger partial charge is 0.267 e. The molecule has 6 heteroatoms. The zero-order chi connectivity index (χ0) is 17.6. The largest absolute Gasteiger partial charge is 0.342 e. The Labute approximate surface area is 150 Å². The molecule has 0 spiro atoms. The lowest BCUT2D eigenvalue weighted by molar-refractivity contribution is 0.103. The van der Waals surface area contributed by atoms with Crippen LogP contribution in [0.3, 0.4) is 0 Å². The normalized spacial score (nSPS) is 14.9. The van der Waals surface area contributed by atoms with Gasteiger partial charge < -0.3 is 10.3 Å². The van der Waals surface area contributed by atoms with Crippen molar-refractivity contribution in [1.29, 1.82) is 0 Å². The highest BCUT2D eigenvalue weighted by Crippen LogP contribution is 2.35. The maximum atomic E-state index is 12.6. The Hall–Kier alpha value is -2.21. The molecule has 1 fully saturated rings. The van der Waals surface area contributed by atoms with E-state index in [9.17, 15) is 4.79 Å². The summed E-state index contributed by atoms with van der Waals surface area (Å²) in [5.74, 6) is 1.88.